The average molecular weight is 453 g/mol. The van der Waals surface area contributed by atoms with Gasteiger partial charge < -0.3 is 19.4 Å². The van der Waals surface area contributed by atoms with Crippen LogP contribution < -0.4 is 0 Å². The van der Waals surface area contributed by atoms with E-state index in [1.165, 1.54) is 0 Å². The normalized spacial score (nSPS) is 25.1. The monoisotopic (exact) mass is 452 g/mol. The Morgan fingerprint density at radius 1 is 1.06 bits per heavy atom. The summed E-state index contributed by atoms with van der Waals surface area (Å²) < 4.78 is 5.54. The van der Waals surface area contributed by atoms with E-state index in [9.17, 15) is 14.4 Å². The molecule has 0 radical (unpaired) electrons. The summed E-state index contributed by atoms with van der Waals surface area (Å²) in [5.41, 5.74) is 0.948. The van der Waals surface area contributed by atoms with Crippen LogP contribution in [-0.2, 0) is 20.9 Å². The van der Waals surface area contributed by atoms with Gasteiger partial charge in [0.2, 0.25) is 11.8 Å². The minimum atomic E-state index is -0.529. The van der Waals surface area contributed by atoms with Gasteiger partial charge in [-0.05, 0) is 63.1 Å². The lowest BCUT2D eigenvalue weighted by Gasteiger charge is -2.46. The number of likely N-dealkylation sites (tertiary alicyclic amines) is 3. The summed E-state index contributed by atoms with van der Waals surface area (Å²) >= 11 is 0. The molecule has 3 aliphatic rings. The predicted octanol–water partition coefficient (Wildman–Crippen LogP) is 2.76. The highest BCUT2D eigenvalue weighted by atomic mass is 16.6. The molecule has 33 heavy (non-hydrogen) atoms. The summed E-state index contributed by atoms with van der Waals surface area (Å²) in [5, 5.41) is 8.98. The van der Waals surface area contributed by atoms with Crippen molar-refractivity contribution in [2.75, 3.05) is 26.2 Å². The Bertz CT molecular complexity index is 948. The molecule has 8 heteroatoms. The van der Waals surface area contributed by atoms with Gasteiger partial charge in [0.25, 0.3) is 0 Å². The number of fused-ring (bicyclic) bond motifs is 2. The minimum Gasteiger partial charge on any atom is -0.444 e. The van der Waals surface area contributed by atoms with Crippen LogP contribution in [0.1, 0.15) is 51.2 Å². The summed E-state index contributed by atoms with van der Waals surface area (Å²) in [7, 11) is 0. The second-order valence-electron chi connectivity index (χ2n) is 10.5. The van der Waals surface area contributed by atoms with Crippen molar-refractivity contribution in [2.24, 2.45) is 11.8 Å². The second-order valence-corrected chi connectivity index (χ2v) is 10.5. The largest absolute Gasteiger partial charge is 0.444 e. The third kappa shape index (κ3) is 5.29. The molecule has 0 aliphatic carbocycles. The fourth-order valence-corrected chi connectivity index (χ4v) is 5.22. The first-order valence-electron chi connectivity index (χ1n) is 11.7. The smallest absolute Gasteiger partial charge is 0.410 e. The molecule has 3 aliphatic heterocycles. The maximum Gasteiger partial charge on any atom is 0.410 e. The van der Waals surface area contributed by atoms with Crippen molar-refractivity contribution in [2.45, 2.75) is 58.2 Å². The van der Waals surface area contributed by atoms with Gasteiger partial charge in [0.15, 0.2) is 0 Å². The molecular weight excluding hydrogens is 420 g/mol. The predicted molar refractivity (Wildman–Crippen MR) is 121 cm³/mol. The molecule has 3 amide bonds. The minimum absolute atomic E-state index is 0.00832. The van der Waals surface area contributed by atoms with Crippen LogP contribution in [-0.4, -0.2) is 70.4 Å². The van der Waals surface area contributed by atoms with Crippen molar-refractivity contribution < 1.29 is 19.1 Å². The first-order chi connectivity index (χ1) is 15.6. The molecule has 3 heterocycles. The maximum atomic E-state index is 13.5. The van der Waals surface area contributed by atoms with Crippen molar-refractivity contribution >= 4 is 17.9 Å². The standard InChI is InChI=1S/C25H32N4O4/c1-25(2,3)33-24(32)28-14-19-10-20(15-28)13-27(12-19)23(31)21-8-9-22(30)29(21)16-18-6-4-17(11-26)5-7-18/h4-7,19-21H,8-10,12-16H2,1-3H3/t19?,20?,21-/m0/s1. The number of carbonyl (C=O) groups is 3. The number of rotatable bonds is 3. The van der Waals surface area contributed by atoms with Crippen LogP contribution in [0.15, 0.2) is 24.3 Å². The fraction of sp³-hybridized carbons (Fsp3) is 0.600. The van der Waals surface area contributed by atoms with E-state index in [0.717, 1.165) is 12.0 Å². The van der Waals surface area contributed by atoms with Crippen LogP contribution in [0, 0.1) is 23.2 Å². The van der Waals surface area contributed by atoms with Gasteiger partial charge in [0.05, 0.1) is 11.6 Å². The van der Waals surface area contributed by atoms with Crippen molar-refractivity contribution in [3.63, 3.8) is 0 Å². The lowest BCUT2D eigenvalue weighted by Crippen LogP contribution is -2.58. The van der Waals surface area contributed by atoms with Crippen LogP contribution in [0.3, 0.4) is 0 Å². The van der Waals surface area contributed by atoms with E-state index in [0.29, 0.717) is 51.1 Å². The van der Waals surface area contributed by atoms with Gasteiger partial charge in [-0.25, -0.2) is 4.79 Å². The summed E-state index contributed by atoms with van der Waals surface area (Å²) in [5.74, 6) is 0.442. The number of benzene rings is 1. The zero-order chi connectivity index (χ0) is 23.8. The van der Waals surface area contributed by atoms with Crippen LogP contribution in [0.25, 0.3) is 0 Å². The number of carbonyl (C=O) groups excluding carboxylic acids is 3. The number of piperidine rings is 2. The van der Waals surface area contributed by atoms with Gasteiger partial charge in [-0.2, -0.15) is 5.26 Å². The number of hydrogen-bond acceptors (Lipinski definition) is 5. The van der Waals surface area contributed by atoms with Crippen LogP contribution in [0.5, 0.6) is 0 Å². The number of nitrogens with zero attached hydrogens (tertiary/aromatic N) is 4. The molecule has 176 valence electrons. The third-order valence-corrected chi connectivity index (χ3v) is 6.59. The molecule has 4 rings (SSSR count). The first kappa shape index (κ1) is 23.1. The zero-order valence-electron chi connectivity index (χ0n) is 19.6. The van der Waals surface area contributed by atoms with Gasteiger partial charge in [-0.3, -0.25) is 9.59 Å². The van der Waals surface area contributed by atoms with Crippen molar-refractivity contribution in [3.05, 3.63) is 35.4 Å². The molecule has 8 nitrogen and oxygen atoms in total. The SMILES string of the molecule is CC(C)(C)OC(=O)N1CC2CC(C1)CN(C(=O)[C@@H]1CCC(=O)N1Cc1ccc(C#N)cc1)C2. The third-order valence-electron chi connectivity index (χ3n) is 6.59. The van der Waals surface area contributed by atoms with Crippen molar-refractivity contribution in [1.82, 2.24) is 14.7 Å². The summed E-state index contributed by atoms with van der Waals surface area (Å²) in [6.45, 7) is 8.34. The maximum absolute atomic E-state index is 13.5. The zero-order valence-corrected chi connectivity index (χ0v) is 19.6. The van der Waals surface area contributed by atoms with E-state index < -0.39 is 11.6 Å². The second kappa shape index (κ2) is 9.05. The fourth-order valence-electron chi connectivity index (χ4n) is 5.22. The van der Waals surface area contributed by atoms with E-state index in [1.54, 1.807) is 21.9 Å². The highest BCUT2D eigenvalue weighted by Crippen LogP contribution is 2.32. The Morgan fingerprint density at radius 3 is 2.24 bits per heavy atom. The number of ether oxygens (including phenoxy) is 1. The Labute approximate surface area is 195 Å². The van der Waals surface area contributed by atoms with E-state index in [4.69, 9.17) is 10.00 Å². The summed E-state index contributed by atoms with van der Waals surface area (Å²) in [6.07, 6.45) is 1.62. The quantitative estimate of drug-likeness (QED) is 0.703. The van der Waals surface area contributed by atoms with Gasteiger partial charge in [0.1, 0.15) is 11.6 Å². The molecule has 1 aromatic carbocycles. The average Bonchev–Trinajstić information content (AvgIpc) is 3.12. The molecule has 3 atom stereocenters. The Balaban J connectivity index is 1.39. The highest BCUT2D eigenvalue weighted by molar-refractivity contribution is 5.91. The van der Waals surface area contributed by atoms with E-state index in [2.05, 4.69) is 6.07 Å². The topological polar surface area (TPSA) is 93.9 Å². The number of amides is 3. The molecule has 0 aromatic heterocycles. The molecule has 0 N–H and O–H groups in total. The Hall–Kier alpha value is -3.08. The van der Waals surface area contributed by atoms with Gasteiger partial charge in [-0.1, -0.05) is 12.1 Å². The molecular formula is C25H32N4O4. The first-order valence-corrected chi connectivity index (χ1v) is 11.7. The van der Waals surface area contributed by atoms with Crippen molar-refractivity contribution in [3.8, 4) is 6.07 Å². The number of nitriles is 1. The summed E-state index contributed by atoms with van der Waals surface area (Å²) in [4.78, 5) is 43.9. The van der Waals surface area contributed by atoms with Crippen LogP contribution >= 0.6 is 0 Å². The molecule has 1 aromatic rings. The molecule has 0 spiro atoms. The van der Waals surface area contributed by atoms with E-state index in [-0.39, 0.29) is 29.7 Å². The van der Waals surface area contributed by atoms with Gasteiger partial charge in [-0.15, -0.1) is 0 Å². The van der Waals surface area contributed by atoms with Crippen LogP contribution in [0.2, 0.25) is 0 Å². The lowest BCUT2D eigenvalue weighted by molar-refractivity contribution is -0.145. The highest BCUT2D eigenvalue weighted by Gasteiger charge is 2.43. The molecule has 3 fully saturated rings. The Morgan fingerprint density at radius 2 is 1.67 bits per heavy atom. The molecule has 3 saturated heterocycles. The van der Waals surface area contributed by atoms with E-state index >= 15 is 0 Å². The Kier molecular flexibility index (Phi) is 6.33. The molecule has 0 saturated carbocycles. The summed E-state index contributed by atoms with van der Waals surface area (Å²) in [6, 6.07) is 8.78. The molecule has 2 bridgehead atoms. The van der Waals surface area contributed by atoms with E-state index in [1.807, 2.05) is 37.8 Å². The molecule has 2 unspecified atom stereocenters. The van der Waals surface area contributed by atoms with Crippen LogP contribution in [0.4, 0.5) is 4.79 Å². The van der Waals surface area contributed by atoms with Gasteiger partial charge >= 0.3 is 6.09 Å². The lowest BCUT2D eigenvalue weighted by atomic mass is 9.84. The van der Waals surface area contributed by atoms with Crippen molar-refractivity contribution in [1.29, 1.82) is 5.26 Å². The number of hydrogen-bond donors (Lipinski definition) is 0. The van der Waals surface area contributed by atoms with Gasteiger partial charge in [0, 0.05) is 39.1 Å².